The fraction of sp³-hybridized carbons (Fsp3) is 0.500. The van der Waals surface area contributed by atoms with Gasteiger partial charge in [-0.3, -0.25) is 0 Å². The van der Waals surface area contributed by atoms with Crippen molar-refractivity contribution in [1.82, 2.24) is 4.31 Å². The van der Waals surface area contributed by atoms with Gasteiger partial charge in [0.15, 0.2) is 9.96 Å². The van der Waals surface area contributed by atoms with Crippen molar-refractivity contribution in [3.05, 3.63) is 8.95 Å². The summed E-state index contributed by atoms with van der Waals surface area (Å²) in [6, 6.07) is 0. The van der Waals surface area contributed by atoms with Gasteiger partial charge in [-0.05, 0) is 22.6 Å². The van der Waals surface area contributed by atoms with Crippen LogP contribution in [0.1, 0.15) is 13.8 Å². The van der Waals surface area contributed by atoms with Crippen LogP contribution in [-0.2, 0) is 10.0 Å². The highest BCUT2D eigenvalue weighted by Crippen LogP contribution is 2.35. The molecule has 1 rings (SSSR count). The number of thiophene rings is 1. The van der Waals surface area contributed by atoms with Crippen LogP contribution in [-0.4, -0.2) is 30.9 Å². The molecule has 1 heterocycles. The van der Waals surface area contributed by atoms with Gasteiger partial charge in [0.05, 0.1) is 3.57 Å². The van der Waals surface area contributed by atoms with Crippen LogP contribution < -0.4 is 0 Å². The Balaban J connectivity index is 3.22. The summed E-state index contributed by atoms with van der Waals surface area (Å²) < 4.78 is 25.9. The van der Waals surface area contributed by atoms with Gasteiger partial charge in [-0.15, -0.1) is 11.3 Å². The van der Waals surface area contributed by atoms with Crippen LogP contribution in [0.2, 0.25) is 0 Å². The van der Waals surface area contributed by atoms with Gasteiger partial charge in [0.2, 0.25) is 0 Å². The molecule has 86 valence electrons. The van der Waals surface area contributed by atoms with Gasteiger partial charge in [-0.1, -0.05) is 13.8 Å². The van der Waals surface area contributed by atoms with Crippen molar-refractivity contribution in [2.45, 2.75) is 18.1 Å². The van der Waals surface area contributed by atoms with E-state index < -0.39 is 10.0 Å². The van der Waals surface area contributed by atoms with Crippen LogP contribution in [0.15, 0.2) is 9.59 Å². The standard InChI is InChI=1S/C8H12INO3S2/c1-3-10(4-2)15(12,13)8-7(11)6(9)5-14-8/h5,11H,3-4H2,1-2H3. The zero-order chi connectivity index (χ0) is 11.6. The highest BCUT2D eigenvalue weighted by Gasteiger charge is 2.27. The fourth-order valence-electron chi connectivity index (χ4n) is 1.18. The van der Waals surface area contributed by atoms with E-state index in [1.165, 1.54) is 4.31 Å². The fourth-order valence-corrected chi connectivity index (χ4v) is 4.95. The Hall–Kier alpha value is 0.140. The molecule has 0 aromatic carbocycles. The topological polar surface area (TPSA) is 57.6 Å². The Labute approximate surface area is 107 Å². The van der Waals surface area contributed by atoms with Gasteiger partial charge in [0, 0.05) is 18.5 Å². The van der Waals surface area contributed by atoms with Crippen LogP contribution in [0.25, 0.3) is 0 Å². The van der Waals surface area contributed by atoms with Crippen molar-refractivity contribution in [3.63, 3.8) is 0 Å². The Morgan fingerprint density at radius 1 is 1.47 bits per heavy atom. The van der Waals surface area contributed by atoms with E-state index in [-0.39, 0.29) is 9.96 Å². The third kappa shape index (κ3) is 2.45. The van der Waals surface area contributed by atoms with Gasteiger partial charge in [0.25, 0.3) is 10.0 Å². The zero-order valence-corrected chi connectivity index (χ0v) is 12.2. The van der Waals surface area contributed by atoms with Crippen molar-refractivity contribution in [1.29, 1.82) is 0 Å². The molecule has 15 heavy (non-hydrogen) atoms. The average Bonchev–Trinajstić information content (AvgIpc) is 2.49. The second-order valence-corrected chi connectivity index (χ2v) is 6.98. The van der Waals surface area contributed by atoms with E-state index in [1.807, 2.05) is 22.6 Å². The summed E-state index contributed by atoms with van der Waals surface area (Å²) in [4.78, 5) is 0. The average molecular weight is 361 g/mol. The van der Waals surface area contributed by atoms with Crippen LogP contribution >= 0.6 is 33.9 Å². The summed E-state index contributed by atoms with van der Waals surface area (Å²) in [6.07, 6.45) is 0. The number of halogens is 1. The maximum atomic E-state index is 12.0. The van der Waals surface area contributed by atoms with Gasteiger partial charge < -0.3 is 5.11 Å². The summed E-state index contributed by atoms with van der Waals surface area (Å²) in [7, 11) is -3.51. The molecule has 1 aromatic rings. The van der Waals surface area contributed by atoms with Crippen LogP contribution in [0.5, 0.6) is 5.75 Å². The second-order valence-electron chi connectivity index (χ2n) is 2.81. The molecule has 0 saturated carbocycles. The van der Waals surface area contributed by atoms with Gasteiger partial charge in [-0.2, -0.15) is 4.31 Å². The Bertz CT molecular complexity index is 437. The molecule has 0 radical (unpaired) electrons. The molecule has 0 amide bonds. The lowest BCUT2D eigenvalue weighted by atomic mass is 10.6. The molecule has 0 bridgehead atoms. The third-order valence-corrected chi connectivity index (χ3v) is 6.75. The first-order chi connectivity index (χ1) is 6.95. The molecular formula is C8H12INO3S2. The molecule has 0 spiro atoms. The normalized spacial score (nSPS) is 12.3. The highest BCUT2D eigenvalue weighted by atomic mass is 127. The molecule has 0 saturated heterocycles. The first-order valence-corrected chi connectivity index (χ1v) is 7.81. The molecule has 1 aromatic heterocycles. The number of nitrogens with zero attached hydrogens (tertiary/aromatic N) is 1. The van der Waals surface area contributed by atoms with Gasteiger partial charge in [-0.25, -0.2) is 8.42 Å². The lowest BCUT2D eigenvalue weighted by Gasteiger charge is -2.17. The molecule has 7 heteroatoms. The first kappa shape index (κ1) is 13.2. The maximum Gasteiger partial charge on any atom is 0.256 e. The summed E-state index contributed by atoms with van der Waals surface area (Å²) in [5.74, 6) is -0.132. The molecule has 0 aliphatic rings. The summed E-state index contributed by atoms with van der Waals surface area (Å²) in [5.41, 5.74) is 0. The van der Waals surface area contributed by atoms with E-state index in [9.17, 15) is 13.5 Å². The lowest BCUT2D eigenvalue weighted by molar-refractivity contribution is 0.432. The predicted octanol–water partition coefficient (Wildman–Crippen LogP) is 2.09. The van der Waals surface area contributed by atoms with Crippen molar-refractivity contribution in [2.24, 2.45) is 0 Å². The van der Waals surface area contributed by atoms with E-state index in [4.69, 9.17) is 0 Å². The molecule has 4 nitrogen and oxygen atoms in total. The van der Waals surface area contributed by atoms with Crippen molar-refractivity contribution >= 4 is 44.0 Å². The SMILES string of the molecule is CCN(CC)S(=O)(=O)c1scc(I)c1O. The van der Waals surface area contributed by atoms with E-state index in [2.05, 4.69) is 0 Å². The first-order valence-electron chi connectivity index (χ1n) is 4.41. The molecule has 1 N–H and O–H groups in total. The van der Waals surface area contributed by atoms with Crippen molar-refractivity contribution in [3.8, 4) is 5.75 Å². The second kappa shape index (κ2) is 4.98. The van der Waals surface area contributed by atoms with Gasteiger partial charge in [0.1, 0.15) is 0 Å². The van der Waals surface area contributed by atoms with E-state index in [1.54, 1.807) is 19.2 Å². The van der Waals surface area contributed by atoms with Crippen LogP contribution in [0, 0.1) is 3.57 Å². The predicted molar refractivity (Wildman–Crippen MR) is 68.8 cm³/mol. The number of sulfonamides is 1. The monoisotopic (exact) mass is 361 g/mol. The third-order valence-electron chi connectivity index (χ3n) is 1.97. The Morgan fingerprint density at radius 3 is 2.33 bits per heavy atom. The van der Waals surface area contributed by atoms with E-state index >= 15 is 0 Å². The highest BCUT2D eigenvalue weighted by molar-refractivity contribution is 14.1. The summed E-state index contributed by atoms with van der Waals surface area (Å²) in [5, 5.41) is 11.2. The number of aromatic hydroxyl groups is 1. The Morgan fingerprint density at radius 2 is 2.00 bits per heavy atom. The molecule has 0 unspecified atom stereocenters. The number of hydrogen-bond donors (Lipinski definition) is 1. The maximum absolute atomic E-state index is 12.0. The van der Waals surface area contributed by atoms with E-state index in [0.29, 0.717) is 16.7 Å². The van der Waals surface area contributed by atoms with E-state index in [0.717, 1.165) is 11.3 Å². The summed E-state index contributed by atoms with van der Waals surface area (Å²) >= 11 is 2.97. The minimum atomic E-state index is -3.51. The Kier molecular flexibility index (Phi) is 4.38. The minimum absolute atomic E-state index is 0.0376. The van der Waals surface area contributed by atoms with Crippen LogP contribution in [0.4, 0.5) is 0 Å². The molecular weight excluding hydrogens is 349 g/mol. The van der Waals surface area contributed by atoms with Crippen molar-refractivity contribution in [2.75, 3.05) is 13.1 Å². The molecule has 0 aliphatic heterocycles. The molecule has 0 atom stereocenters. The molecule has 0 aliphatic carbocycles. The smallest absolute Gasteiger partial charge is 0.256 e. The minimum Gasteiger partial charge on any atom is -0.505 e. The lowest BCUT2D eigenvalue weighted by Crippen LogP contribution is -2.30. The van der Waals surface area contributed by atoms with Crippen molar-refractivity contribution < 1.29 is 13.5 Å². The summed E-state index contributed by atoms with van der Waals surface area (Å²) in [6.45, 7) is 4.37. The van der Waals surface area contributed by atoms with Gasteiger partial charge >= 0.3 is 0 Å². The number of hydrogen-bond acceptors (Lipinski definition) is 4. The largest absolute Gasteiger partial charge is 0.505 e. The quantitative estimate of drug-likeness (QED) is 0.836. The molecule has 0 fully saturated rings. The number of rotatable bonds is 4. The zero-order valence-electron chi connectivity index (χ0n) is 8.40. The van der Waals surface area contributed by atoms with Crippen LogP contribution in [0.3, 0.4) is 0 Å².